The van der Waals surface area contributed by atoms with E-state index in [-0.39, 0.29) is 17.9 Å². The predicted octanol–water partition coefficient (Wildman–Crippen LogP) is 2.05. The van der Waals surface area contributed by atoms with Crippen LogP contribution in [0.15, 0.2) is 18.2 Å². The van der Waals surface area contributed by atoms with E-state index in [0.717, 1.165) is 31.2 Å². The number of fused-ring (bicyclic) bond motifs is 1. The van der Waals surface area contributed by atoms with Crippen LogP contribution in [0.5, 0.6) is 5.75 Å². The minimum absolute atomic E-state index is 0.00906. The lowest BCUT2D eigenvalue weighted by Crippen LogP contribution is -2.42. The Morgan fingerprint density at radius 1 is 1.35 bits per heavy atom. The molecule has 0 spiro atoms. The Kier molecular flexibility index (Phi) is 4.89. The van der Waals surface area contributed by atoms with Crippen LogP contribution in [0.3, 0.4) is 0 Å². The van der Waals surface area contributed by atoms with Crippen LogP contribution < -0.4 is 10.1 Å². The molecule has 2 aliphatic rings. The van der Waals surface area contributed by atoms with Gasteiger partial charge in [0.25, 0.3) is 0 Å². The number of sulfonamides is 1. The van der Waals surface area contributed by atoms with Crippen molar-refractivity contribution in [2.45, 2.75) is 37.8 Å². The Hall–Kier alpha value is -1.18. The quantitative estimate of drug-likeness (QED) is 0.910. The summed E-state index contributed by atoms with van der Waals surface area (Å²) in [6, 6.07) is 4.56. The van der Waals surface area contributed by atoms with Crippen molar-refractivity contribution in [2.75, 3.05) is 26.0 Å². The summed E-state index contributed by atoms with van der Waals surface area (Å²) in [5.74, 6) is 0.437. The highest BCUT2D eigenvalue weighted by molar-refractivity contribution is 7.88. The van der Waals surface area contributed by atoms with Crippen LogP contribution in [0.2, 0.25) is 0 Å². The molecule has 128 valence electrons. The van der Waals surface area contributed by atoms with Crippen LogP contribution in [0.1, 0.15) is 37.3 Å². The maximum Gasteiger partial charge on any atom is 0.211 e. The number of ether oxygens (including phenoxy) is 1. The van der Waals surface area contributed by atoms with E-state index in [1.807, 2.05) is 0 Å². The van der Waals surface area contributed by atoms with E-state index in [4.69, 9.17) is 4.74 Å². The molecule has 0 unspecified atom stereocenters. The second-order valence-corrected chi connectivity index (χ2v) is 8.24. The van der Waals surface area contributed by atoms with Crippen molar-refractivity contribution in [1.29, 1.82) is 0 Å². The summed E-state index contributed by atoms with van der Waals surface area (Å²) in [5.41, 5.74) is 0.825. The van der Waals surface area contributed by atoms with Crippen LogP contribution in [0.4, 0.5) is 4.39 Å². The van der Waals surface area contributed by atoms with Crippen LogP contribution in [0.25, 0.3) is 0 Å². The topological polar surface area (TPSA) is 58.6 Å². The van der Waals surface area contributed by atoms with Gasteiger partial charge in [-0.3, -0.25) is 0 Å². The van der Waals surface area contributed by atoms with Gasteiger partial charge in [0.05, 0.1) is 12.9 Å². The number of halogens is 1. The minimum Gasteiger partial charge on any atom is -0.493 e. The molecule has 1 aromatic rings. The first kappa shape index (κ1) is 16.7. The monoisotopic (exact) mass is 342 g/mol. The molecule has 5 nitrogen and oxygen atoms in total. The molecule has 0 saturated carbocycles. The van der Waals surface area contributed by atoms with Crippen molar-refractivity contribution in [3.05, 3.63) is 29.6 Å². The fraction of sp³-hybridized carbons (Fsp3) is 0.625. The summed E-state index contributed by atoms with van der Waals surface area (Å²) >= 11 is 0. The van der Waals surface area contributed by atoms with Gasteiger partial charge in [0, 0.05) is 30.7 Å². The Bertz CT molecular complexity index is 665. The lowest BCUT2D eigenvalue weighted by Gasteiger charge is -2.25. The summed E-state index contributed by atoms with van der Waals surface area (Å²) < 4.78 is 44.5. The number of nitrogens with zero attached hydrogens (tertiary/aromatic N) is 1. The summed E-state index contributed by atoms with van der Waals surface area (Å²) in [5, 5.41) is 3.44. The number of hydrogen-bond donors (Lipinski definition) is 1. The molecule has 1 fully saturated rings. The number of rotatable bonds is 4. The standard InChI is InChI=1S/C16H23FN2O3S/c1-23(20,21)19-8-2-4-13(19)11-18-15-5-3-9-22-16-7-6-12(17)10-14(15)16/h6-7,10,13,15,18H,2-5,8-9,11H2,1H3/t13-,15-/m1/s1. The largest absolute Gasteiger partial charge is 0.493 e. The third kappa shape index (κ3) is 3.84. The fourth-order valence-electron chi connectivity index (χ4n) is 3.49. The predicted molar refractivity (Wildman–Crippen MR) is 86.4 cm³/mol. The number of benzene rings is 1. The van der Waals surface area contributed by atoms with Gasteiger partial charge in [-0.25, -0.2) is 12.8 Å². The average molecular weight is 342 g/mol. The van der Waals surface area contributed by atoms with E-state index in [2.05, 4.69) is 5.32 Å². The first-order valence-corrected chi connectivity index (χ1v) is 9.92. The molecule has 2 aliphatic heterocycles. The molecule has 2 heterocycles. The van der Waals surface area contributed by atoms with Gasteiger partial charge in [-0.05, 0) is 43.9 Å². The molecule has 0 radical (unpaired) electrons. The van der Waals surface area contributed by atoms with Gasteiger partial charge in [-0.2, -0.15) is 4.31 Å². The Labute approximate surface area is 136 Å². The van der Waals surface area contributed by atoms with Crippen LogP contribution >= 0.6 is 0 Å². The van der Waals surface area contributed by atoms with E-state index >= 15 is 0 Å². The first-order chi connectivity index (χ1) is 10.9. The minimum atomic E-state index is -3.17. The van der Waals surface area contributed by atoms with Crippen LogP contribution in [-0.2, 0) is 10.0 Å². The first-order valence-electron chi connectivity index (χ1n) is 8.07. The van der Waals surface area contributed by atoms with Crippen molar-refractivity contribution in [3.8, 4) is 5.75 Å². The molecule has 1 aromatic carbocycles. The van der Waals surface area contributed by atoms with E-state index < -0.39 is 10.0 Å². The number of hydrogen-bond acceptors (Lipinski definition) is 4. The van der Waals surface area contributed by atoms with Crippen molar-refractivity contribution in [3.63, 3.8) is 0 Å². The zero-order valence-electron chi connectivity index (χ0n) is 13.3. The molecule has 0 aromatic heterocycles. The smallest absolute Gasteiger partial charge is 0.211 e. The zero-order chi connectivity index (χ0) is 16.4. The van der Waals surface area contributed by atoms with Crippen molar-refractivity contribution >= 4 is 10.0 Å². The van der Waals surface area contributed by atoms with Crippen LogP contribution in [0, 0.1) is 5.82 Å². The van der Waals surface area contributed by atoms with Crippen LogP contribution in [-0.4, -0.2) is 44.7 Å². The zero-order valence-corrected chi connectivity index (χ0v) is 14.1. The average Bonchev–Trinajstić information content (AvgIpc) is 2.88. The van der Waals surface area contributed by atoms with Crippen molar-refractivity contribution in [2.24, 2.45) is 0 Å². The molecule has 23 heavy (non-hydrogen) atoms. The van der Waals surface area contributed by atoms with Gasteiger partial charge < -0.3 is 10.1 Å². The van der Waals surface area contributed by atoms with E-state index in [1.54, 1.807) is 10.4 Å². The normalized spacial score (nSPS) is 25.7. The van der Waals surface area contributed by atoms with Gasteiger partial charge in [0.15, 0.2) is 0 Å². The lowest BCUT2D eigenvalue weighted by atomic mass is 10.0. The van der Waals surface area contributed by atoms with Gasteiger partial charge in [0.1, 0.15) is 11.6 Å². The number of nitrogens with one attached hydrogen (secondary N) is 1. The maximum absolute atomic E-state index is 13.6. The fourth-order valence-corrected chi connectivity index (χ4v) is 4.67. The van der Waals surface area contributed by atoms with Crippen molar-refractivity contribution < 1.29 is 17.5 Å². The highest BCUT2D eigenvalue weighted by Crippen LogP contribution is 2.32. The highest BCUT2D eigenvalue weighted by atomic mass is 32.2. The van der Waals surface area contributed by atoms with Gasteiger partial charge >= 0.3 is 0 Å². The third-order valence-electron chi connectivity index (χ3n) is 4.59. The van der Waals surface area contributed by atoms with Crippen molar-refractivity contribution in [1.82, 2.24) is 9.62 Å². The highest BCUT2D eigenvalue weighted by Gasteiger charge is 2.32. The van der Waals surface area contributed by atoms with E-state index in [1.165, 1.54) is 18.4 Å². The van der Waals surface area contributed by atoms with Gasteiger partial charge in [-0.1, -0.05) is 0 Å². The van der Waals surface area contributed by atoms with E-state index in [9.17, 15) is 12.8 Å². The Balaban J connectivity index is 1.72. The third-order valence-corrected chi connectivity index (χ3v) is 5.92. The molecule has 2 atom stereocenters. The summed E-state index contributed by atoms with van der Waals surface area (Å²) in [4.78, 5) is 0. The SMILES string of the molecule is CS(=O)(=O)N1CCC[C@@H]1CN[C@@H]1CCCOc2ccc(F)cc21. The molecule has 1 saturated heterocycles. The molecule has 0 aliphatic carbocycles. The summed E-state index contributed by atoms with van der Waals surface area (Å²) in [6.07, 6.45) is 4.74. The van der Waals surface area contributed by atoms with E-state index in [0.29, 0.717) is 25.4 Å². The molecule has 0 amide bonds. The molecular weight excluding hydrogens is 319 g/mol. The molecular formula is C16H23FN2O3S. The second-order valence-electron chi connectivity index (χ2n) is 6.30. The molecule has 7 heteroatoms. The molecule has 1 N–H and O–H groups in total. The maximum atomic E-state index is 13.6. The van der Waals surface area contributed by atoms with Gasteiger partial charge in [-0.15, -0.1) is 0 Å². The Morgan fingerprint density at radius 2 is 2.17 bits per heavy atom. The Morgan fingerprint density at radius 3 is 2.96 bits per heavy atom. The second kappa shape index (κ2) is 6.75. The summed E-state index contributed by atoms with van der Waals surface area (Å²) in [7, 11) is -3.17. The van der Waals surface area contributed by atoms with Gasteiger partial charge in [0.2, 0.25) is 10.0 Å². The summed E-state index contributed by atoms with van der Waals surface area (Å²) in [6.45, 7) is 1.79. The lowest BCUT2D eigenvalue weighted by molar-refractivity contribution is 0.313. The molecule has 3 rings (SSSR count). The molecule has 0 bridgehead atoms.